The van der Waals surface area contributed by atoms with E-state index in [-0.39, 0.29) is 11.3 Å². The highest BCUT2D eigenvalue weighted by Crippen LogP contribution is 2.16. The van der Waals surface area contributed by atoms with Crippen molar-refractivity contribution in [3.63, 3.8) is 0 Å². The molecule has 0 saturated carbocycles. The highest BCUT2D eigenvalue weighted by atomic mass is 19.1. The molecule has 1 fully saturated rings. The molecule has 2 aromatic rings. The number of urea groups is 1. The van der Waals surface area contributed by atoms with Crippen LogP contribution in [-0.4, -0.2) is 33.2 Å². The second-order valence-electron chi connectivity index (χ2n) is 6.27. The quantitative estimate of drug-likeness (QED) is 0.603. The summed E-state index contributed by atoms with van der Waals surface area (Å²) in [5, 5.41) is 5.51. The van der Waals surface area contributed by atoms with Crippen molar-refractivity contribution < 1.29 is 14.0 Å². The van der Waals surface area contributed by atoms with Crippen LogP contribution < -0.4 is 10.9 Å². The maximum absolute atomic E-state index is 13.1. The number of aryl methyl sites for hydroxylation is 1. The predicted octanol–water partition coefficient (Wildman–Crippen LogP) is 2.56. The minimum Gasteiger partial charge on any atom is -0.303 e. The van der Waals surface area contributed by atoms with Crippen LogP contribution in [0.4, 0.5) is 9.18 Å². The smallest absolute Gasteiger partial charge is 0.303 e. The molecule has 0 unspecified atom stereocenters. The number of rotatable bonds is 6. The Labute approximate surface area is 155 Å². The molecule has 27 heavy (non-hydrogen) atoms. The predicted molar refractivity (Wildman–Crippen MR) is 98.9 cm³/mol. The zero-order chi connectivity index (χ0) is 19.6. The zero-order valence-electron chi connectivity index (χ0n) is 15.2. The highest BCUT2D eigenvalue weighted by molar-refractivity contribution is 6.14. The van der Waals surface area contributed by atoms with Gasteiger partial charge in [-0.25, -0.2) is 13.9 Å². The van der Waals surface area contributed by atoms with Gasteiger partial charge in [-0.05, 0) is 43.2 Å². The van der Waals surface area contributed by atoms with Gasteiger partial charge in [-0.15, -0.1) is 0 Å². The summed E-state index contributed by atoms with van der Waals surface area (Å²) in [6, 6.07) is 5.02. The number of nitrogens with zero attached hydrogens (tertiary/aromatic N) is 2. The molecule has 3 amide bonds. The van der Waals surface area contributed by atoms with E-state index in [1.165, 1.54) is 35.0 Å². The van der Waals surface area contributed by atoms with Crippen molar-refractivity contribution in [1.82, 2.24) is 20.0 Å². The number of halogens is 1. The van der Waals surface area contributed by atoms with Crippen LogP contribution in [0.5, 0.6) is 0 Å². The molecule has 142 valence electrons. The van der Waals surface area contributed by atoms with Crippen molar-refractivity contribution in [3.8, 4) is 5.69 Å². The molecule has 1 aliphatic heterocycles. The molecule has 1 saturated heterocycles. The second-order valence-corrected chi connectivity index (χ2v) is 6.27. The monoisotopic (exact) mass is 372 g/mol. The van der Waals surface area contributed by atoms with Gasteiger partial charge in [0.25, 0.3) is 11.5 Å². The summed E-state index contributed by atoms with van der Waals surface area (Å²) in [6.07, 6.45) is 3.50. The zero-order valence-corrected chi connectivity index (χ0v) is 15.2. The summed E-state index contributed by atoms with van der Waals surface area (Å²) in [4.78, 5) is 38.4. The Morgan fingerprint density at radius 2 is 1.81 bits per heavy atom. The van der Waals surface area contributed by atoms with Crippen LogP contribution in [0, 0.1) is 5.82 Å². The lowest BCUT2D eigenvalue weighted by atomic mass is 10.1. The molecule has 1 aromatic carbocycles. The van der Waals surface area contributed by atoms with Gasteiger partial charge < -0.3 is 5.32 Å². The molecule has 0 bridgehead atoms. The summed E-state index contributed by atoms with van der Waals surface area (Å²) >= 11 is 0. The number of carbonyl (C=O) groups excluding carboxylic acids is 2. The van der Waals surface area contributed by atoms with Gasteiger partial charge in [-0.3, -0.25) is 19.6 Å². The van der Waals surface area contributed by atoms with Gasteiger partial charge in [0.1, 0.15) is 11.5 Å². The number of hydrogen-bond acceptors (Lipinski definition) is 3. The molecule has 0 atom stereocenters. The van der Waals surface area contributed by atoms with Gasteiger partial charge in [0.15, 0.2) is 0 Å². The number of nitrogens with one attached hydrogen (secondary N) is 2. The van der Waals surface area contributed by atoms with Crippen LogP contribution >= 0.6 is 0 Å². The molecule has 0 radical (unpaired) electrons. The lowest BCUT2D eigenvalue weighted by Crippen LogP contribution is -2.31. The van der Waals surface area contributed by atoms with E-state index >= 15 is 0 Å². The largest absolute Gasteiger partial charge is 0.329 e. The van der Waals surface area contributed by atoms with Crippen molar-refractivity contribution >= 4 is 18.0 Å². The van der Waals surface area contributed by atoms with Crippen molar-refractivity contribution in [2.75, 3.05) is 6.54 Å². The molecule has 1 aromatic heterocycles. The van der Waals surface area contributed by atoms with Crippen molar-refractivity contribution in [1.29, 1.82) is 0 Å². The van der Waals surface area contributed by atoms with Crippen LogP contribution in [0.15, 0.2) is 34.8 Å². The Bertz CT molecular complexity index is 956. The van der Waals surface area contributed by atoms with Crippen molar-refractivity contribution in [2.45, 2.75) is 33.1 Å². The van der Waals surface area contributed by atoms with Crippen LogP contribution in [0.2, 0.25) is 0 Å². The average molecular weight is 372 g/mol. The molecule has 0 aliphatic carbocycles. The normalized spacial score (nSPS) is 15.7. The van der Waals surface area contributed by atoms with Crippen molar-refractivity contribution in [3.05, 3.63) is 57.4 Å². The first-order chi connectivity index (χ1) is 13.0. The van der Waals surface area contributed by atoms with Gasteiger partial charge in [0.05, 0.1) is 11.3 Å². The Morgan fingerprint density at radius 1 is 1.11 bits per heavy atom. The lowest BCUT2D eigenvalue weighted by molar-refractivity contribution is -0.122. The highest BCUT2D eigenvalue weighted by Gasteiger charge is 2.33. The standard InChI is InChI=1S/C19H21FN4O3/c1-3-5-10-23-18(26)16(21-19(23)27)11-14-15(4-2)22-24(17(14)25)13-8-6-12(20)7-9-13/h6-9,11,22H,3-5,10H2,1-2H3,(H,21,27)/b16-11-. The van der Waals surface area contributed by atoms with E-state index in [1.807, 2.05) is 13.8 Å². The van der Waals surface area contributed by atoms with Crippen LogP contribution in [0.25, 0.3) is 11.8 Å². The molecular weight excluding hydrogens is 351 g/mol. The van der Waals surface area contributed by atoms with Crippen LogP contribution in [-0.2, 0) is 11.2 Å². The molecule has 2 N–H and O–H groups in total. The molecular formula is C19H21FN4O3. The fraction of sp³-hybridized carbons (Fsp3) is 0.316. The van der Waals surface area contributed by atoms with Gasteiger partial charge in [-0.1, -0.05) is 20.3 Å². The first kappa shape index (κ1) is 18.6. The first-order valence-electron chi connectivity index (χ1n) is 8.90. The Hall–Kier alpha value is -3.16. The number of imide groups is 1. The third-order valence-electron chi connectivity index (χ3n) is 4.43. The van der Waals surface area contributed by atoms with Gasteiger partial charge in [0, 0.05) is 12.2 Å². The summed E-state index contributed by atoms with van der Waals surface area (Å²) in [5.74, 6) is -0.840. The van der Waals surface area contributed by atoms with E-state index in [2.05, 4.69) is 10.4 Å². The van der Waals surface area contributed by atoms with Gasteiger partial charge in [-0.2, -0.15) is 0 Å². The SMILES string of the molecule is CCCCN1C(=O)N/C(=C\c2c(CC)[nH]n(-c3ccc(F)cc3)c2=O)C1=O. The van der Waals surface area contributed by atoms with E-state index in [9.17, 15) is 18.8 Å². The summed E-state index contributed by atoms with van der Waals surface area (Å²) in [6.45, 7) is 4.18. The number of hydrogen-bond donors (Lipinski definition) is 2. The van der Waals surface area contributed by atoms with Crippen LogP contribution in [0.3, 0.4) is 0 Å². The fourth-order valence-corrected chi connectivity index (χ4v) is 2.92. The first-order valence-corrected chi connectivity index (χ1v) is 8.90. The average Bonchev–Trinajstić information content (AvgIpc) is 3.11. The third-order valence-corrected chi connectivity index (χ3v) is 4.43. The summed E-state index contributed by atoms with van der Waals surface area (Å²) in [7, 11) is 0. The molecule has 2 heterocycles. The Morgan fingerprint density at radius 3 is 2.44 bits per heavy atom. The number of benzene rings is 1. The lowest BCUT2D eigenvalue weighted by Gasteiger charge is -2.09. The van der Waals surface area contributed by atoms with E-state index in [0.717, 1.165) is 11.3 Å². The minimum absolute atomic E-state index is 0.0770. The molecule has 8 heteroatoms. The minimum atomic E-state index is -0.479. The van der Waals surface area contributed by atoms with E-state index in [0.29, 0.717) is 36.3 Å². The molecule has 1 aliphatic rings. The number of H-pyrrole nitrogens is 1. The second kappa shape index (κ2) is 7.61. The topological polar surface area (TPSA) is 87.2 Å². The van der Waals surface area contributed by atoms with E-state index in [4.69, 9.17) is 0 Å². The number of carbonyl (C=O) groups is 2. The van der Waals surface area contributed by atoms with Crippen LogP contribution in [0.1, 0.15) is 37.9 Å². The number of aromatic amines is 1. The molecule has 0 spiro atoms. The molecule has 3 rings (SSSR count). The van der Waals surface area contributed by atoms with E-state index < -0.39 is 17.8 Å². The van der Waals surface area contributed by atoms with Crippen molar-refractivity contribution in [2.24, 2.45) is 0 Å². The molecule has 7 nitrogen and oxygen atoms in total. The Balaban J connectivity index is 1.99. The maximum atomic E-state index is 13.1. The number of amides is 3. The fourth-order valence-electron chi connectivity index (χ4n) is 2.92. The number of unbranched alkanes of at least 4 members (excludes halogenated alkanes) is 1. The van der Waals surface area contributed by atoms with Gasteiger partial charge >= 0.3 is 6.03 Å². The summed E-state index contributed by atoms with van der Waals surface area (Å²) < 4.78 is 14.4. The maximum Gasteiger partial charge on any atom is 0.329 e. The Kier molecular flexibility index (Phi) is 5.25. The van der Waals surface area contributed by atoms with Gasteiger partial charge in [0.2, 0.25) is 0 Å². The van der Waals surface area contributed by atoms with E-state index in [1.54, 1.807) is 0 Å². The third kappa shape index (κ3) is 3.55. The number of aromatic nitrogens is 2. The summed E-state index contributed by atoms with van der Waals surface area (Å²) in [5.41, 5.74) is 1.09.